The van der Waals surface area contributed by atoms with Crippen molar-refractivity contribution >= 4 is 34.5 Å². The van der Waals surface area contributed by atoms with Gasteiger partial charge in [0, 0.05) is 50.5 Å². The summed E-state index contributed by atoms with van der Waals surface area (Å²) in [5.74, 6) is -0.102. The predicted molar refractivity (Wildman–Crippen MR) is 140 cm³/mol. The maximum Gasteiger partial charge on any atom is 0.158 e. The molecule has 0 saturated heterocycles. The van der Waals surface area contributed by atoms with E-state index in [2.05, 4.69) is 65.7 Å². The summed E-state index contributed by atoms with van der Waals surface area (Å²) in [6.07, 6.45) is 8.17. The molecule has 3 rings (SSSR count). The van der Waals surface area contributed by atoms with E-state index in [-0.39, 0.29) is 12.2 Å². The molecule has 1 aromatic heterocycles. The van der Waals surface area contributed by atoms with Gasteiger partial charge in [-0.15, -0.1) is 0 Å². The van der Waals surface area contributed by atoms with Gasteiger partial charge in [-0.25, -0.2) is 0 Å². The van der Waals surface area contributed by atoms with Crippen LogP contribution in [0.4, 0.5) is 5.69 Å². The summed E-state index contributed by atoms with van der Waals surface area (Å²) in [7, 11) is 6.16. The van der Waals surface area contributed by atoms with E-state index in [0.29, 0.717) is 0 Å². The standard InChI is InChI=1S/C28H35N3O2/c1-5-31(19-18-29(2)3)25-12-7-22(8-13-25)9-14-26(32)21-27(33)15-10-23-6-11-24-16-17-30(4)28(24)20-23/h6-17,20,27,33H,5,18-19,21H2,1-4H3/b14-9+,15-10+/t27-/m0/s1. The molecule has 3 aromatic rings. The molecular weight excluding hydrogens is 410 g/mol. The van der Waals surface area contributed by atoms with Crippen molar-refractivity contribution in [2.45, 2.75) is 19.4 Å². The Labute approximate surface area is 197 Å². The molecule has 0 radical (unpaired) electrons. The second-order valence-corrected chi connectivity index (χ2v) is 8.65. The molecule has 0 aliphatic heterocycles. The number of anilines is 1. The van der Waals surface area contributed by atoms with Crippen molar-refractivity contribution in [2.24, 2.45) is 7.05 Å². The van der Waals surface area contributed by atoms with Crippen LogP contribution in [0.3, 0.4) is 0 Å². The summed E-state index contributed by atoms with van der Waals surface area (Å²) in [4.78, 5) is 16.8. The summed E-state index contributed by atoms with van der Waals surface area (Å²) < 4.78 is 2.06. The molecule has 174 valence electrons. The Morgan fingerprint density at radius 2 is 1.76 bits per heavy atom. The third kappa shape index (κ3) is 7.17. The Morgan fingerprint density at radius 3 is 2.45 bits per heavy atom. The number of carbonyl (C=O) groups excluding carboxylic acids is 1. The smallest absolute Gasteiger partial charge is 0.158 e. The number of hydrogen-bond donors (Lipinski definition) is 1. The second kappa shape index (κ2) is 11.6. The third-order valence-electron chi connectivity index (χ3n) is 5.75. The molecule has 0 saturated carbocycles. The first-order valence-corrected chi connectivity index (χ1v) is 11.5. The van der Waals surface area contributed by atoms with Gasteiger partial charge in [0.05, 0.1) is 6.10 Å². The molecule has 5 nitrogen and oxygen atoms in total. The Bertz CT molecular complexity index is 1110. The minimum Gasteiger partial charge on any atom is -0.389 e. The fourth-order valence-corrected chi connectivity index (χ4v) is 3.72. The van der Waals surface area contributed by atoms with Crippen LogP contribution in [0, 0.1) is 0 Å². The lowest BCUT2D eigenvalue weighted by Crippen LogP contribution is -2.31. The van der Waals surface area contributed by atoms with Gasteiger partial charge < -0.3 is 19.5 Å². The highest BCUT2D eigenvalue weighted by molar-refractivity contribution is 5.94. The van der Waals surface area contributed by atoms with Crippen LogP contribution in [-0.2, 0) is 11.8 Å². The average Bonchev–Trinajstić information content (AvgIpc) is 3.17. The maximum atomic E-state index is 12.3. The minimum absolute atomic E-state index is 0.0611. The van der Waals surface area contributed by atoms with E-state index in [1.165, 1.54) is 11.1 Å². The molecule has 0 amide bonds. The Hall–Kier alpha value is -3.15. The molecule has 0 bridgehead atoms. The average molecular weight is 446 g/mol. The van der Waals surface area contributed by atoms with Crippen molar-refractivity contribution < 1.29 is 9.90 Å². The van der Waals surface area contributed by atoms with Crippen molar-refractivity contribution in [3.63, 3.8) is 0 Å². The number of benzene rings is 2. The minimum atomic E-state index is -0.816. The van der Waals surface area contributed by atoms with E-state index in [1.807, 2.05) is 43.6 Å². The van der Waals surface area contributed by atoms with E-state index >= 15 is 0 Å². The fourth-order valence-electron chi connectivity index (χ4n) is 3.72. The van der Waals surface area contributed by atoms with Crippen LogP contribution >= 0.6 is 0 Å². The van der Waals surface area contributed by atoms with Gasteiger partial charge in [-0.05, 0) is 67.9 Å². The highest BCUT2D eigenvalue weighted by Crippen LogP contribution is 2.18. The summed E-state index contributed by atoms with van der Waals surface area (Å²) in [6.45, 7) is 5.08. The van der Waals surface area contributed by atoms with E-state index < -0.39 is 6.10 Å². The molecule has 0 spiro atoms. The fraction of sp³-hybridized carbons (Fsp3) is 0.321. The van der Waals surface area contributed by atoms with Gasteiger partial charge >= 0.3 is 0 Å². The van der Waals surface area contributed by atoms with Gasteiger partial charge in [-0.2, -0.15) is 0 Å². The number of nitrogens with zero attached hydrogens (tertiary/aromatic N) is 3. The highest BCUT2D eigenvalue weighted by Gasteiger charge is 2.07. The van der Waals surface area contributed by atoms with Crippen molar-refractivity contribution in [1.29, 1.82) is 0 Å². The van der Waals surface area contributed by atoms with E-state index in [0.717, 1.165) is 36.3 Å². The van der Waals surface area contributed by atoms with Crippen molar-refractivity contribution in [1.82, 2.24) is 9.47 Å². The number of likely N-dealkylation sites (N-methyl/N-ethyl adjacent to an activating group) is 2. The topological polar surface area (TPSA) is 48.7 Å². The number of aromatic nitrogens is 1. The number of rotatable bonds is 11. The maximum absolute atomic E-state index is 12.3. The largest absolute Gasteiger partial charge is 0.389 e. The molecule has 0 fully saturated rings. The first-order chi connectivity index (χ1) is 15.9. The number of aryl methyl sites for hydroxylation is 1. The molecular formula is C28H35N3O2. The van der Waals surface area contributed by atoms with Crippen LogP contribution in [0.2, 0.25) is 0 Å². The summed E-state index contributed by atoms with van der Waals surface area (Å²) >= 11 is 0. The van der Waals surface area contributed by atoms with Gasteiger partial charge in [0.25, 0.3) is 0 Å². The Morgan fingerprint density at radius 1 is 1.03 bits per heavy atom. The summed E-state index contributed by atoms with van der Waals surface area (Å²) in [5, 5.41) is 11.4. The lowest BCUT2D eigenvalue weighted by atomic mass is 10.1. The quantitative estimate of drug-likeness (QED) is 0.438. The Balaban J connectivity index is 1.53. The summed E-state index contributed by atoms with van der Waals surface area (Å²) in [6, 6.07) is 16.4. The zero-order chi connectivity index (χ0) is 23.8. The van der Waals surface area contributed by atoms with Crippen LogP contribution in [0.5, 0.6) is 0 Å². The molecule has 1 heterocycles. The molecule has 0 aliphatic carbocycles. The number of hydrogen-bond acceptors (Lipinski definition) is 4. The number of allylic oxidation sites excluding steroid dienone is 1. The van der Waals surface area contributed by atoms with Crippen LogP contribution in [0.1, 0.15) is 24.5 Å². The van der Waals surface area contributed by atoms with Crippen molar-refractivity contribution in [3.05, 3.63) is 78.0 Å². The molecule has 5 heteroatoms. The normalized spacial score (nSPS) is 12.9. The van der Waals surface area contributed by atoms with Crippen molar-refractivity contribution in [2.75, 3.05) is 38.6 Å². The lowest BCUT2D eigenvalue weighted by molar-refractivity contribution is -0.115. The zero-order valence-electron chi connectivity index (χ0n) is 20.1. The number of fused-ring (bicyclic) bond motifs is 1. The monoisotopic (exact) mass is 445 g/mol. The van der Waals surface area contributed by atoms with Gasteiger partial charge in [0.2, 0.25) is 0 Å². The second-order valence-electron chi connectivity index (χ2n) is 8.65. The van der Waals surface area contributed by atoms with E-state index in [4.69, 9.17) is 0 Å². The lowest BCUT2D eigenvalue weighted by Gasteiger charge is -2.25. The third-order valence-corrected chi connectivity index (χ3v) is 5.75. The van der Waals surface area contributed by atoms with E-state index in [9.17, 15) is 9.90 Å². The van der Waals surface area contributed by atoms with Crippen LogP contribution in [0.15, 0.2) is 66.9 Å². The van der Waals surface area contributed by atoms with Crippen LogP contribution in [0.25, 0.3) is 23.1 Å². The SMILES string of the molecule is CCN(CCN(C)C)c1ccc(/C=C/C(=O)C[C@@H](O)/C=C/c2ccc3ccn(C)c3c2)cc1. The zero-order valence-corrected chi connectivity index (χ0v) is 20.1. The highest BCUT2D eigenvalue weighted by atomic mass is 16.3. The molecule has 0 aliphatic rings. The van der Waals surface area contributed by atoms with Crippen LogP contribution < -0.4 is 4.90 Å². The van der Waals surface area contributed by atoms with Crippen molar-refractivity contribution in [3.8, 4) is 0 Å². The number of carbonyl (C=O) groups is 1. The number of aliphatic hydroxyl groups excluding tert-OH is 1. The van der Waals surface area contributed by atoms with Gasteiger partial charge in [-0.1, -0.05) is 42.5 Å². The molecule has 33 heavy (non-hydrogen) atoms. The number of aliphatic hydroxyl groups is 1. The van der Waals surface area contributed by atoms with E-state index in [1.54, 1.807) is 12.2 Å². The molecule has 2 aromatic carbocycles. The molecule has 1 N–H and O–H groups in total. The predicted octanol–water partition coefficient (Wildman–Crippen LogP) is 4.61. The Kier molecular flexibility index (Phi) is 8.64. The molecule has 0 unspecified atom stereocenters. The number of ketones is 1. The summed E-state index contributed by atoms with van der Waals surface area (Å²) in [5.41, 5.74) is 4.28. The van der Waals surface area contributed by atoms with Crippen LogP contribution in [-0.4, -0.2) is 60.2 Å². The van der Waals surface area contributed by atoms with Gasteiger partial charge in [0.15, 0.2) is 5.78 Å². The molecule has 1 atom stereocenters. The first-order valence-electron chi connectivity index (χ1n) is 11.5. The van der Waals surface area contributed by atoms with Gasteiger partial charge in [0.1, 0.15) is 0 Å². The van der Waals surface area contributed by atoms with Gasteiger partial charge in [-0.3, -0.25) is 4.79 Å². The first kappa shape index (κ1) is 24.5.